The summed E-state index contributed by atoms with van der Waals surface area (Å²) < 4.78 is 3.38. The summed E-state index contributed by atoms with van der Waals surface area (Å²) in [5.41, 5.74) is 1.88. The van der Waals surface area contributed by atoms with E-state index in [1.54, 1.807) is 27.7 Å². The first-order valence-electron chi connectivity index (χ1n) is 11.9. The molecule has 1 saturated carbocycles. The predicted octanol–water partition coefficient (Wildman–Crippen LogP) is 2.19. The monoisotopic (exact) mass is 448 g/mol. The number of hydrogen-bond donors (Lipinski definition) is 1. The largest absolute Gasteiger partial charge is 0.385 e. The van der Waals surface area contributed by atoms with Gasteiger partial charge in [0.15, 0.2) is 0 Å². The van der Waals surface area contributed by atoms with E-state index >= 15 is 0 Å². The summed E-state index contributed by atoms with van der Waals surface area (Å²) in [5, 5.41) is 10.8. The lowest BCUT2D eigenvalue weighted by atomic mass is 9.92. The van der Waals surface area contributed by atoms with E-state index < -0.39 is 5.60 Å². The maximum Gasteiger partial charge on any atom is 0.332 e. The van der Waals surface area contributed by atoms with E-state index in [9.17, 15) is 9.90 Å². The van der Waals surface area contributed by atoms with Crippen LogP contribution in [-0.4, -0.2) is 62.3 Å². The van der Waals surface area contributed by atoms with Crippen molar-refractivity contribution in [3.05, 3.63) is 70.8 Å². The van der Waals surface area contributed by atoms with Gasteiger partial charge in [-0.3, -0.25) is 14.1 Å². The molecule has 2 aromatic heterocycles. The Labute approximate surface area is 194 Å². The molecule has 1 aromatic carbocycles. The number of imidazole rings is 1. The van der Waals surface area contributed by atoms with E-state index in [-0.39, 0.29) is 5.69 Å². The molecule has 5 rings (SSSR count). The van der Waals surface area contributed by atoms with Crippen molar-refractivity contribution in [3.63, 3.8) is 0 Å². The Hall–Kier alpha value is -2.97. The summed E-state index contributed by atoms with van der Waals surface area (Å²) >= 11 is 0. The maximum atomic E-state index is 13.0. The molecular weight excluding hydrogens is 416 g/mol. The first-order valence-corrected chi connectivity index (χ1v) is 11.9. The molecule has 0 unspecified atom stereocenters. The summed E-state index contributed by atoms with van der Waals surface area (Å²) in [4.78, 5) is 26.8. The smallest absolute Gasteiger partial charge is 0.332 e. The molecule has 0 bridgehead atoms. The highest BCUT2D eigenvalue weighted by molar-refractivity contribution is 5.43. The van der Waals surface area contributed by atoms with Crippen LogP contribution in [0.4, 0.5) is 5.82 Å². The average molecular weight is 449 g/mol. The summed E-state index contributed by atoms with van der Waals surface area (Å²) in [7, 11) is 2.14. The Morgan fingerprint density at radius 2 is 1.67 bits per heavy atom. The van der Waals surface area contributed by atoms with E-state index in [0.717, 1.165) is 74.6 Å². The fraction of sp³-hybridized carbons (Fsp3) is 0.480. The van der Waals surface area contributed by atoms with Crippen LogP contribution in [0.25, 0.3) is 5.69 Å². The molecule has 0 spiro atoms. The van der Waals surface area contributed by atoms with E-state index in [1.807, 2.05) is 30.5 Å². The van der Waals surface area contributed by atoms with E-state index in [2.05, 4.69) is 26.8 Å². The number of likely N-dealkylation sites (N-methyl/N-ethyl adjacent to an activating group) is 1. The molecule has 1 aliphatic heterocycles. The highest BCUT2D eigenvalue weighted by atomic mass is 16.3. The van der Waals surface area contributed by atoms with Gasteiger partial charge in [0, 0.05) is 63.9 Å². The van der Waals surface area contributed by atoms with Gasteiger partial charge in [0.2, 0.25) is 0 Å². The molecule has 8 heteroatoms. The molecule has 3 heterocycles. The van der Waals surface area contributed by atoms with Gasteiger partial charge in [-0.15, -0.1) is 0 Å². The summed E-state index contributed by atoms with van der Waals surface area (Å²) in [6.07, 6.45) is 11.5. The molecule has 1 N–H and O–H groups in total. The zero-order valence-electron chi connectivity index (χ0n) is 19.2. The zero-order valence-corrected chi connectivity index (χ0v) is 19.2. The van der Waals surface area contributed by atoms with Crippen LogP contribution in [-0.2, 0) is 18.6 Å². The average Bonchev–Trinajstić information content (AvgIpc) is 3.45. The minimum atomic E-state index is -0.715. The predicted molar refractivity (Wildman–Crippen MR) is 128 cm³/mol. The van der Waals surface area contributed by atoms with Crippen LogP contribution in [0.2, 0.25) is 0 Å². The Balaban J connectivity index is 1.29. The number of rotatable bonds is 6. The SMILES string of the molecule is CN1CCN(c2nccnc2CCn2ccn(-c3ccc(C4(O)CCCC4)cc3)c2=O)CC1. The molecule has 8 nitrogen and oxygen atoms in total. The Kier molecular flexibility index (Phi) is 6.03. The second-order valence-corrected chi connectivity index (χ2v) is 9.30. The Morgan fingerprint density at radius 1 is 0.970 bits per heavy atom. The molecule has 0 radical (unpaired) electrons. The highest BCUT2D eigenvalue weighted by Crippen LogP contribution is 2.38. The topological polar surface area (TPSA) is 79.4 Å². The number of nitrogens with zero attached hydrogens (tertiary/aromatic N) is 6. The van der Waals surface area contributed by atoms with Crippen molar-refractivity contribution in [1.29, 1.82) is 0 Å². The first kappa shape index (κ1) is 21.9. The van der Waals surface area contributed by atoms with E-state index in [1.165, 1.54) is 0 Å². The van der Waals surface area contributed by atoms with Crippen molar-refractivity contribution in [3.8, 4) is 5.69 Å². The van der Waals surface area contributed by atoms with Gasteiger partial charge >= 0.3 is 5.69 Å². The third-order valence-corrected chi connectivity index (χ3v) is 7.11. The van der Waals surface area contributed by atoms with Gasteiger partial charge in [0.05, 0.1) is 17.0 Å². The maximum absolute atomic E-state index is 13.0. The van der Waals surface area contributed by atoms with Crippen molar-refractivity contribution in [2.24, 2.45) is 0 Å². The van der Waals surface area contributed by atoms with Crippen LogP contribution in [0.5, 0.6) is 0 Å². The van der Waals surface area contributed by atoms with Crippen molar-refractivity contribution in [1.82, 2.24) is 24.0 Å². The van der Waals surface area contributed by atoms with Crippen molar-refractivity contribution < 1.29 is 5.11 Å². The molecule has 2 aliphatic rings. The number of aliphatic hydroxyl groups is 1. The molecule has 174 valence electrons. The molecule has 33 heavy (non-hydrogen) atoms. The Bertz CT molecular complexity index is 1140. The number of benzene rings is 1. The fourth-order valence-corrected chi connectivity index (χ4v) is 5.01. The lowest BCUT2D eigenvalue weighted by molar-refractivity contribution is 0.0445. The van der Waals surface area contributed by atoms with Crippen LogP contribution in [0, 0.1) is 0 Å². The van der Waals surface area contributed by atoms with Crippen LogP contribution in [0.1, 0.15) is 36.9 Å². The third-order valence-electron chi connectivity index (χ3n) is 7.11. The van der Waals surface area contributed by atoms with Crippen molar-refractivity contribution >= 4 is 5.82 Å². The van der Waals surface area contributed by atoms with Crippen LogP contribution in [0.3, 0.4) is 0 Å². The van der Waals surface area contributed by atoms with Crippen LogP contribution < -0.4 is 10.6 Å². The number of hydrogen-bond acceptors (Lipinski definition) is 6. The molecule has 3 aromatic rings. The normalized spacial score (nSPS) is 18.7. The third kappa shape index (κ3) is 4.45. The zero-order chi connectivity index (χ0) is 22.8. The lowest BCUT2D eigenvalue weighted by Gasteiger charge is -2.33. The van der Waals surface area contributed by atoms with Gasteiger partial charge in [-0.05, 0) is 37.6 Å². The number of aryl methyl sites for hydroxylation is 2. The number of piperazine rings is 1. The van der Waals surface area contributed by atoms with Crippen LogP contribution >= 0.6 is 0 Å². The van der Waals surface area contributed by atoms with Gasteiger partial charge in [0.1, 0.15) is 5.82 Å². The quantitative estimate of drug-likeness (QED) is 0.623. The molecule has 0 atom stereocenters. The standard InChI is InChI=1S/C25H32N6O2/c1-28-14-16-29(17-15-28)23-22(26-11-12-27-23)8-13-30-18-19-31(24(30)32)21-6-4-20(5-7-21)25(33)9-2-3-10-25/h4-7,11-12,18-19,33H,2-3,8-10,13-17H2,1H3. The molecule has 0 amide bonds. The Morgan fingerprint density at radius 3 is 2.39 bits per heavy atom. The number of anilines is 1. The summed E-state index contributed by atoms with van der Waals surface area (Å²) in [6, 6.07) is 7.75. The molecular formula is C25H32N6O2. The number of aromatic nitrogens is 4. The molecule has 1 aliphatic carbocycles. The highest BCUT2D eigenvalue weighted by Gasteiger charge is 2.32. The van der Waals surface area contributed by atoms with E-state index in [0.29, 0.717) is 13.0 Å². The second-order valence-electron chi connectivity index (χ2n) is 9.30. The minimum absolute atomic E-state index is 0.0765. The summed E-state index contributed by atoms with van der Waals surface area (Å²) in [5.74, 6) is 0.929. The van der Waals surface area contributed by atoms with Gasteiger partial charge in [-0.2, -0.15) is 0 Å². The van der Waals surface area contributed by atoms with Crippen molar-refractivity contribution in [2.75, 3.05) is 38.1 Å². The van der Waals surface area contributed by atoms with Gasteiger partial charge < -0.3 is 14.9 Å². The second kappa shape index (κ2) is 9.11. The van der Waals surface area contributed by atoms with Crippen LogP contribution in [0.15, 0.2) is 53.8 Å². The molecule has 2 fully saturated rings. The van der Waals surface area contributed by atoms with Gasteiger partial charge in [-0.25, -0.2) is 9.78 Å². The first-order chi connectivity index (χ1) is 16.0. The van der Waals surface area contributed by atoms with Crippen molar-refractivity contribution in [2.45, 2.75) is 44.2 Å². The van der Waals surface area contributed by atoms with Gasteiger partial charge in [0.25, 0.3) is 0 Å². The molecule has 1 saturated heterocycles. The van der Waals surface area contributed by atoms with Gasteiger partial charge in [-0.1, -0.05) is 25.0 Å². The lowest BCUT2D eigenvalue weighted by Crippen LogP contribution is -2.45. The summed E-state index contributed by atoms with van der Waals surface area (Å²) in [6.45, 7) is 4.43. The minimum Gasteiger partial charge on any atom is -0.385 e. The fourth-order valence-electron chi connectivity index (χ4n) is 5.01. The van der Waals surface area contributed by atoms with E-state index in [4.69, 9.17) is 0 Å².